The summed E-state index contributed by atoms with van der Waals surface area (Å²) in [4.78, 5) is 4.21. The van der Waals surface area contributed by atoms with Crippen LogP contribution in [-0.2, 0) is 4.74 Å². The highest BCUT2D eigenvalue weighted by atomic mass is 16.5. The molecule has 3 nitrogen and oxygen atoms in total. The second-order valence-electron chi connectivity index (χ2n) is 3.83. The predicted molar refractivity (Wildman–Crippen MR) is 57.2 cm³/mol. The molecule has 1 aliphatic heterocycles. The number of pyridine rings is 1. The zero-order valence-electron chi connectivity index (χ0n) is 8.81. The molecule has 1 N–H and O–H groups in total. The lowest BCUT2D eigenvalue weighted by molar-refractivity contribution is 0.167. The van der Waals surface area contributed by atoms with E-state index in [4.69, 9.17) is 4.74 Å². The van der Waals surface area contributed by atoms with Crippen molar-refractivity contribution in [1.82, 2.24) is 4.98 Å². The van der Waals surface area contributed by atoms with Crippen molar-refractivity contribution >= 4 is 0 Å². The van der Waals surface area contributed by atoms with E-state index in [9.17, 15) is 5.11 Å². The summed E-state index contributed by atoms with van der Waals surface area (Å²) in [6.07, 6.45) is 4.66. The standard InChI is InChI=1S/C12H15NO2/c1-9-4-5-11(13-7-9)12(14)10-3-2-6-15-8-10/h4-5,7-8,12,14H,2-3,6H2,1H3. The summed E-state index contributed by atoms with van der Waals surface area (Å²) in [7, 11) is 0. The number of ether oxygens (including phenoxy) is 1. The van der Waals surface area contributed by atoms with Crippen LogP contribution in [0.3, 0.4) is 0 Å². The first kappa shape index (κ1) is 10.2. The van der Waals surface area contributed by atoms with Crippen LogP contribution in [-0.4, -0.2) is 16.7 Å². The number of hydrogen-bond donors (Lipinski definition) is 1. The second kappa shape index (κ2) is 4.45. The van der Waals surface area contributed by atoms with Gasteiger partial charge in [-0.2, -0.15) is 0 Å². The maximum atomic E-state index is 10.0. The molecule has 1 unspecified atom stereocenters. The van der Waals surface area contributed by atoms with Gasteiger partial charge in [-0.05, 0) is 37.0 Å². The maximum absolute atomic E-state index is 10.0. The van der Waals surface area contributed by atoms with E-state index in [1.54, 1.807) is 12.5 Å². The lowest BCUT2D eigenvalue weighted by atomic mass is 10.0. The van der Waals surface area contributed by atoms with Crippen LogP contribution in [0.2, 0.25) is 0 Å². The van der Waals surface area contributed by atoms with E-state index in [0.717, 1.165) is 30.6 Å². The van der Waals surface area contributed by atoms with Crippen molar-refractivity contribution in [3.8, 4) is 0 Å². The Labute approximate surface area is 89.4 Å². The first-order valence-corrected chi connectivity index (χ1v) is 5.18. The van der Waals surface area contributed by atoms with E-state index in [-0.39, 0.29) is 0 Å². The van der Waals surface area contributed by atoms with Crippen molar-refractivity contribution in [1.29, 1.82) is 0 Å². The van der Waals surface area contributed by atoms with Crippen LogP contribution in [0.5, 0.6) is 0 Å². The van der Waals surface area contributed by atoms with E-state index in [1.807, 2.05) is 19.1 Å². The van der Waals surface area contributed by atoms with Crippen LogP contribution in [0.4, 0.5) is 0 Å². The Kier molecular flexibility index (Phi) is 3.02. The van der Waals surface area contributed by atoms with Crippen molar-refractivity contribution in [3.05, 3.63) is 41.4 Å². The molecule has 1 atom stereocenters. The predicted octanol–water partition coefficient (Wildman–Crippen LogP) is 2.12. The number of aliphatic hydroxyl groups is 1. The molecular formula is C12H15NO2. The van der Waals surface area contributed by atoms with Crippen molar-refractivity contribution in [3.63, 3.8) is 0 Å². The van der Waals surface area contributed by atoms with Gasteiger partial charge in [-0.1, -0.05) is 6.07 Å². The van der Waals surface area contributed by atoms with Gasteiger partial charge >= 0.3 is 0 Å². The number of nitrogens with zero attached hydrogens (tertiary/aromatic N) is 1. The number of aromatic nitrogens is 1. The molecule has 0 bridgehead atoms. The first-order chi connectivity index (χ1) is 7.27. The molecule has 80 valence electrons. The fourth-order valence-electron chi connectivity index (χ4n) is 1.62. The zero-order chi connectivity index (χ0) is 10.7. The molecule has 15 heavy (non-hydrogen) atoms. The minimum atomic E-state index is -0.620. The smallest absolute Gasteiger partial charge is 0.120 e. The monoisotopic (exact) mass is 205 g/mol. The Hall–Kier alpha value is -1.35. The lowest BCUT2D eigenvalue weighted by Crippen LogP contribution is -2.09. The van der Waals surface area contributed by atoms with Gasteiger partial charge in [0.15, 0.2) is 0 Å². The van der Waals surface area contributed by atoms with E-state index >= 15 is 0 Å². The van der Waals surface area contributed by atoms with Crippen LogP contribution >= 0.6 is 0 Å². The number of aryl methyl sites for hydroxylation is 1. The van der Waals surface area contributed by atoms with Crippen LogP contribution in [0.1, 0.15) is 30.2 Å². The molecule has 0 spiro atoms. The molecular weight excluding hydrogens is 190 g/mol. The third-order valence-electron chi connectivity index (χ3n) is 2.53. The molecule has 3 heteroatoms. The summed E-state index contributed by atoms with van der Waals surface area (Å²) >= 11 is 0. The van der Waals surface area contributed by atoms with Crippen LogP contribution in [0.15, 0.2) is 30.2 Å². The molecule has 0 aromatic carbocycles. The largest absolute Gasteiger partial charge is 0.501 e. The maximum Gasteiger partial charge on any atom is 0.120 e. The summed E-state index contributed by atoms with van der Waals surface area (Å²) in [6.45, 7) is 2.73. The summed E-state index contributed by atoms with van der Waals surface area (Å²) in [6, 6.07) is 3.81. The Balaban J connectivity index is 2.16. The summed E-state index contributed by atoms with van der Waals surface area (Å²) < 4.78 is 5.20. The second-order valence-corrected chi connectivity index (χ2v) is 3.83. The molecule has 2 heterocycles. The number of hydrogen-bond acceptors (Lipinski definition) is 3. The minimum Gasteiger partial charge on any atom is -0.501 e. The minimum absolute atomic E-state index is 0.620. The first-order valence-electron chi connectivity index (χ1n) is 5.18. The van der Waals surface area contributed by atoms with Gasteiger partial charge in [0.1, 0.15) is 6.10 Å². The highest BCUT2D eigenvalue weighted by Gasteiger charge is 2.17. The Bertz CT molecular complexity index is 356. The summed E-state index contributed by atoms with van der Waals surface area (Å²) in [5.41, 5.74) is 2.70. The third-order valence-corrected chi connectivity index (χ3v) is 2.53. The third kappa shape index (κ3) is 2.36. The van der Waals surface area contributed by atoms with Crippen LogP contribution < -0.4 is 0 Å². The highest BCUT2D eigenvalue weighted by molar-refractivity contribution is 5.21. The van der Waals surface area contributed by atoms with Gasteiger partial charge in [-0.3, -0.25) is 4.98 Å². The molecule has 1 aromatic rings. The zero-order valence-corrected chi connectivity index (χ0v) is 8.81. The fourth-order valence-corrected chi connectivity index (χ4v) is 1.62. The summed E-state index contributed by atoms with van der Waals surface area (Å²) in [5, 5.41) is 10.0. The molecule has 0 fully saturated rings. The quantitative estimate of drug-likeness (QED) is 0.804. The van der Waals surface area contributed by atoms with Crippen molar-refractivity contribution < 1.29 is 9.84 Å². The normalized spacial score (nSPS) is 17.9. The molecule has 0 radical (unpaired) electrons. The van der Waals surface area contributed by atoms with Crippen molar-refractivity contribution in [2.24, 2.45) is 0 Å². The van der Waals surface area contributed by atoms with Gasteiger partial charge in [0, 0.05) is 6.20 Å². The van der Waals surface area contributed by atoms with Crippen molar-refractivity contribution in [2.45, 2.75) is 25.9 Å². The van der Waals surface area contributed by atoms with Gasteiger partial charge < -0.3 is 9.84 Å². The molecule has 1 aliphatic rings. The number of rotatable bonds is 2. The van der Waals surface area contributed by atoms with Gasteiger partial charge in [0.05, 0.1) is 18.6 Å². The molecule has 2 rings (SSSR count). The van der Waals surface area contributed by atoms with Gasteiger partial charge in [0.25, 0.3) is 0 Å². The molecule has 0 saturated carbocycles. The van der Waals surface area contributed by atoms with E-state index in [1.165, 1.54) is 0 Å². The van der Waals surface area contributed by atoms with Gasteiger partial charge in [-0.15, -0.1) is 0 Å². The Morgan fingerprint density at radius 3 is 2.93 bits per heavy atom. The SMILES string of the molecule is Cc1ccc(C(O)C2=COCCC2)nc1. The topological polar surface area (TPSA) is 42.4 Å². The van der Waals surface area contributed by atoms with E-state index in [2.05, 4.69) is 4.98 Å². The van der Waals surface area contributed by atoms with Gasteiger partial charge in [0.2, 0.25) is 0 Å². The fraction of sp³-hybridized carbons (Fsp3) is 0.417. The number of aliphatic hydroxyl groups excluding tert-OH is 1. The molecule has 0 aliphatic carbocycles. The van der Waals surface area contributed by atoms with Crippen LogP contribution in [0.25, 0.3) is 0 Å². The highest BCUT2D eigenvalue weighted by Crippen LogP contribution is 2.26. The van der Waals surface area contributed by atoms with E-state index < -0.39 is 6.10 Å². The lowest BCUT2D eigenvalue weighted by Gasteiger charge is -2.18. The molecule has 0 amide bonds. The van der Waals surface area contributed by atoms with Crippen molar-refractivity contribution in [2.75, 3.05) is 6.61 Å². The summed E-state index contributed by atoms with van der Waals surface area (Å²) in [5.74, 6) is 0. The Morgan fingerprint density at radius 1 is 1.47 bits per heavy atom. The Morgan fingerprint density at radius 2 is 2.33 bits per heavy atom. The van der Waals surface area contributed by atoms with Gasteiger partial charge in [-0.25, -0.2) is 0 Å². The molecule has 0 saturated heterocycles. The van der Waals surface area contributed by atoms with E-state index in [0.29, 0.717) is 5.69 Å². The molecule has 1 aromatic heterocycles. The van der Waals surface area contributed by atoms with Crippen LogP contribution in [0, 0.1) is 6.92 Å². The average molecular weight is 205 g/mol. The average Bonchev–Trinajstić information content (AvgIpc) is 2.30.